The van der Waals surface area contributed by atoms with E-state index >= 15 is 0 Å². The highest BCUT2D eigenvalue weighted by Gasteiger charge is 2.43. The third-order valence-corrected chi connectivity index (χ3v) is 4.93. The van der Waals surface area contributed by atoms with Crippen LogP contribution in [0, 0.1) is 0 Å². The molecular formula is C16H31N5. The van der Waals surface area contributed by atoms with Crippen molar-refractivity contribution >= 4 is 0 Å². The zero-order valence-corrected chi connectivity index (χ0v) is 14.1. The molecule has 1 aliphatic rings. The largest absolute Gasteiger partial charge is 0.307 e. The summed E-state index contributed by atoms with van der Waals surface area (Å²) >= 11 is 0. The molecule has 0 spiro atoms. The predicted octanol–water partition coefficient (Wildman–Crippen LogP) is 2.60. The van der Waals surface area contributed by atoms with Crippen molar-refractivity contribution in [1.82, 2.24) is 25.2 Å². The molecule has 0 amide bonds. The molecule has 1 aromatic heterocycles. The summed E-state index contributed by atoms with van der Waals surface area (Å²) < 4.78 is 2.09. The Morgan fingerprint density at radius 3 is 2.57 bits per heavy atom. The van der Waals surface area contributed by atoms with Crippen LogP contribution >= 0.6 is 0 Å². The molecule has 1 saturated carbocycles. The minimum Gasteiger partial charge on any atom is -0.307 e. The van der Waals surface area contributed by atoms with E-state index in [1.165, 1.54) is 37.8 Å². The first-order valence-corrected chi connectivity index (χ1v) is 8.45. The number of likely N-dealkylation sites (N-methyl/N-ethyl adjacent to an activating group) is 2. The van der Waals surface area contributed by atoms with E-state index in [0.29, 0.717) is 6.04 Å². The Balaban J connectivity index is 2.37. The average Bonchev–Trinajstić information content (AvgIpc) is 2.93. The van der Waals surface area contributed by atoms with Crippen LogP contribution in [-0.4, -0.2) is 46.1 Å². The third kappa shape index (κ3) is 3.29. The lowest BCUT2D eigenvalue weighted by atomic mass is 9.74. The van der Waals surface area contributed by atoms with Gasteiger partial charge in [0.1, 0.15) is 0 Å². The van der Waals surface area contributed by atoms with Crippen molar-refractivity contribution in [2.24, 2.45) is 0 Å². The van der Waals surface area contributed by atoms with Gasteiger partial charge in [0.25, 0.3) is 0 Å². The quantitative estimate of drug-likeness (QED) is 0.839. The molecule has 1 aliphatic carbocycles. The van der Waals surface area contributed by atoms with E-state index < -0.39 is 0 Å². The van der Waals surface area contributed by atoms with Crippen LogP contribution in [-0.2, 0) is 6.54 Å². The van der Waals surface area contributed by atoms with Crippen molar-refractivity contribution in [1.29, 1.82) is 0 Å². The monoisotopic (exact) mass is 293 g/mol. The summed E-state index contributed by atoms with van der Waals surface area (Å²) in [6, 6.07) is 0.305. The Kier molecular flexibility index (Phi) is 5.76. The molecule has 21 heavy (non-hydrogen) atoms. The van der Waals surface area contributed by atoms with Gasteiger partial charge in [-0.3, -0.25) is 0 Å². The molecule has 0 radical (unpaired) electrons. The van der Waals surface area contributed by atoms with Crippen molar-refractivity contribution in [3.05, 3.63) is 11.9 Å². The SMILES string of the molecule is CCCn1nncc1C(NCC)C1(N(C)C)CCCCC1. The van der Waals surface area contributed by atoms with Gasteiger partial charge in [-0.15, -0.1) is 5.10 Å². The molecule has 1 unspecified atom stereocenters. The molecule has 0 saturated heterocycles. The molecule has 1 aromatic rings. The number of rotatable bonds is 7. The highest BCUT2D eigenvalue weighted by atomic mass is 15.4. The van der Waals surface area contributed by atoms with Crippen LogP contribution in [0.25, 0.3) is 0 Å². The number of nitrogens with zero attached hydrogens (tertiary/aromatic N) is 4. The second-order valence-corrected chi connectivity index (χ2v) is 6.43. The zero-order chi connectivity index (χ0) is 15.3. The lowest BCUT2D eigenvalue weighted by Crippen LogP contribution is -2.55. The predicted molar refractivity (Wildman–Crippen MR) is 86.2 cm³/mol. The summed E-state index contributed by atoms with van der Waals surface area (Å²) in [6.07, 6.45) is 9.53. The second-order valence-electron chi connectivity index (χ2n) is 6.43. The van der Waals surface area contributed by atoms with Gasteiger partial charge < -0.3 is 10.2 Å². The van der Waals surface area contributed by atoms with Gasteiger partial charge in [0.2, 0.25) is 0 Å². The standard InChI is InChI=1S/C16H31N5/c1-5-12-21-14(13-18-19-21)15(17-6-2)16(20(3)4)10-8-7-9-11-16/h13,15,17H,5-12H2,1-4H3. The molecule has 1 atom stereocenters. The summed E-state index contributed by atoms with van der Waals surface area (Å²) in [5, 5.41) is 12.2. The maximum atomic E-state index is 4.30. The van der Waals surface area contributed by atoms with E-state index in [2.05, 4.69) is 53.2 Å². The van der Waals surface area contributed by atoms with Crippen molar-refractivity contribution in [3.63, 3.8) is 0 Å². The fraction of sp³-hybridized carbons (Fsp3) is 0.875. The molecule has 120 valence electrons. The topological polar surface area (TPSA) is 46.0 Å². The molecular weight excluding hydrogens is 262 g/mol. The number of hydrogen-bond acceptors (Lipinski definition) is 4. The van der Waals surface area contributed by atoms with Crippen LogP contribution in [0.1, 0.15) is 64.1 Å². The van der Waals surface area contributed by atoms with Crippen LogP contribution in [0.3, 0.4) is 0 Å². The van der Waals surface area contributed by atoms with Gasteiger partial charge in [-0.25, -0.2) is 4.68 Å². The molecule has 0 aliphatic heterocycles. The first-order chi connectivity index (χ1) is 10.2. The number of nitrogens with one attached hydrogen (secondary N) is 1. The average molecular weight is 293 g/mol. The second kappa shape index (κ2) is 7.36. The fourth-order valence-corrected chi connectivity index (χ4v) is 3.81. The normalized spacial score (nSPS) is 19.9. The summed E-state index contributed by atoms with van der Waals surface area (Å²) in [4.78, 5) is 2.43. The molecule has 5 nitrogen and oxygen atoms in total. The first-order valence-electron chi connectivity index (χ1n) is 8.45. The Hall–Kier alpha value is -0.940. The van der Waals surface area contributed by atoms with E-state index in [4.69, 9.17) is 0 Å². The van der Waals surface area contributed by atoms with E-state index in [0.717, 1.165) is 19.5 Å². The highest BCUT2D eigenvalue weighted by molar-refractivity contribution is 5.14. The van der Waals surface area contributed by atoms with Crippen molar-refractivity contribution in [2.75, 3.05) is 20.6 Å². The summed E-state index contributed by atoms with van der Waals surface area (Å²) in [5.41, 5.74) is 1.43. The van der Waals surface area contributed by atoms with Crippen LogP contribution in [0.5, 0.6) is 0 Å². The van der Waals surface area contributed by atoms with Crippen LogP contribution in [0.2, 0.25) is 0 Å². The Morgan fingerprint density at radius 1 is 1.29 bits per heavy atom. The molecule has 2 rings (SSSR count). The number of hydrogen-bond donors (Lipinski definition) is 1. The van der Waals surface area contributed by atoms with Crippen LogP contribution in [0.4, 0.5) is 0 Å². The minimum atomic E-state index is 0.182. The molecule has 1 N–H and O–H groups in total. The molecule has 1 fully saturated rings. The maximum absolute atomic E-state index is 4.30. The minimum absolute atomic E-state index is 0.182. The summed E-state index contributed by atoms with van der Waals surface area (Å²) in [7, 11) is 4.45. The van der Waals surface area contributed by atoms with Gasteiger partial charge >= 0.3 is 0 Å². The lowest BCUT2D eigenvalue weighted by Gasteiger charge is -2.48. The Labute approximate surface area is 129 Å². The zero-order valence-electron chi connectivity index (χ0n) is 14.1. The lowest BCUT2D eigenvalue weighted by molar-refractivity contribution is 0.0535. The highest BCUT2D eigenvalue weighted by Crippen LogP contribution is 2.41. The first kappa shape index (κ1) is 16.4. The van der Waals surface area contributed by atoms with Gasteiger partial charge in [-0.05, 0) is 39.9 Å². The van der Waals surface area contributed by atoms with Gasteiger partial charge in [-0.1, -0.05) is 38.3 Å². The molecule has 0 aromatic carbocycles. The summed E-state index contributed by atoms with van der Waals surface area (Å²) in [6.45, 7) is 6.29. The van der Waals surface area contributed by atoms with E-state index in [9.17, 15) is 0 Å². The molecule has 1 heterocycles. The maximum Gasteiger partial charge on any atom is 0.0775 e. The number of aromatic nitrogens is 3. The molecule has 5 heteroatoms. The van der Waals surface area contributed by atoms with Crippen LogP contribution < -0.4 is 5.32 Å². The van der Waals surface area contributed by atoms with Crippen LogP contribution in [0.15, 0.2) is 6.20 Å². The number of aryl methyl sites for hydroxylation is 1. The third-order valence-electron chi connectivity index (χ3n) is 4.93. The van der Waals surface area contributed by atoms with Gasteiger partial charge in [0.15, 0.2) is 0 Å². The van der Waals surface area contributed by atoms with E-state index in [1.807, 2.05) is 6.20 Å². The van der Waals surface area contributed by atoms with Gasteiger partial charge in [0, 0.05) is 12.1 Å². The van der Waals surface area contributed by atoms with E-state index in [-0.39, 0.29) is 5.54 Å². The van der Waals surface area contributed by atoms with Gasteiger partial charge in [0.05, 0.1) is 17.9 Å². The Bertz CT molecular complexity index is 420. The van der Waals surface area contributed by atoms with Crippen molar-refractivity contribution < 1.29 is 0 Å². The Morgan fingerprint density at radius 2 is 2.00 bits per heavy atom. The summed E-state index contributed by atoms with van der Waals surface area (Å²) in [5.74, 6) is 0. The molecule has 0 bridgehead atoms. The van der Waals surface area contributed by atoms with Gasteiger partial charge in [-0.2, -0.15) is 0 Å². The smallest absolute Gasteiger partial charge is 0.0775 e. The van der Waals surface area contributed by atoms with Crippen molar-refractivity contribution in [2.45, 2.75) is 70.5 Å². The van der Waals surface area contributed by atoms with E-state index in [1.54, 1.807) is 0 Å². The van der Waals surface area contributed by atoms with Crippen molar-refractivity contribution in [3.8, 4) is 0 Å². The fourth-order valence-electron chi connectivity index (χ4n) is 3.81.